The fraction of sp³-hybridized carbons (Fsp3) is 0.368. The third-order valence-electron chi connectivity index (χ3n) is 4.03. The van der Waals surface area contributed by atoms with Gasteiger partial charge in [-0.2, -0.15) is 11.8 Å². The van der Waals surface area contributed by atoms with Crippen molar-refractivity contribution in [2.24, 2.45) is 0 Å². The van der Waals surface area contributed by atoms with Crippen molar-refractivity contribution in [1.82, 2.24) is 4.98 Å². The molecule has 0 aliphatic carbocycles. The van der Waals surface area contributed by atoms with Crippen LogP contribution in [0.1, 0.15) is 12.1 Å². The summed E-state index contributed by atoms with van der Waals surface area (Å²) in [6.45, 7) is 3.11. The molecule has 0 spiro atoms. The molecule has 26 heavy (non-hydrogen) atoms. The van der Waals surface area contributed by atoms with Gasteiger partial charge >= 0.3 is 0 Å². The minimum atomic E-state index is 0.0335. The second-order valence-corrected chi connectivity index (χ2v) is 7.95. The van der Waals surface area contributed by atoms with Crippen LogP contribution in [0.2, 0.25) is 0 Å². The maximum atomic E-state index is 12.4. The van der Waals surface area contributed by atoms with Crippen LogP contribution >= 0.6 is 27.7 Å². The molecule has 1 aliphatic rings. The number of halogens is 1. The van der Waals surface area contributed by atoms with Crippen LogP contribution in [0.4, 0.5) is 11.4 Å². The average Bonchev–Trinajstić information content (AvgIpc) is 2.67. The van der Waals surface area contributed by atoms with Crippen LogP contribution in [0, 0.1) is 0 Å². The Kier molecular flexibility index (Phi) is 7.34. The van der Waals surface area contributed by atoms with Crippen molar-refractivity contribution < 1.29 is 9.53 Å². The van der Waals surface area contributed by atoms with E-state index in [2.05, 4.69) is 31.1 Å². The van der Waals surface area contributed by atoms with Gasteiger partial charge in [0.15, 0.2) is 0 Å². The Morgan fingerprint density at radius 1 is 1.27 bits per heavy atom. The van der Waals surface area contributed by atoms with E-state index in [1.165, 1.54) is 0 Å². The first-order valence-electron chi connectivity index (χ1n) is 8.62. The summed E-state index contributed by atoms with van der Waals surface area (Å²) >= 11 is 5.22. The molecule has 138 valence electrons. The van der Waals surface area contributed by atoms with Gasteiger partial charge in [-0.25, -0.2) is 0 Å². The Labute approximate surface area is 166 Å². The quantitative estimate of drug-likeness (QED) is 0.667. The largest absolute Gasteiger partial charge is 0.378 e. The van der Waals surface area contributed by atoms with Gasteiger partial charge in [0, 0.05) is 41.7 Å². The molecule has 0 radical (unpaired) electrons. The SMILES string of the molecule is O=C(CCSCc1ccccn1)Nc1cc(Br)ccc1N1CCOCC1. The van der Waals surface area contributed by atoms with E-state index in [0.29, 0.717) is 19.6 Å². The molecule has 0 saturated carbocycles. The topological polar surface area (TPSA) is 54.5 Å². The highest BCUT2D eigenvalue weighted by atomic mass is 79.9. The van der Waals surface area contributed by atoms with E-state index in [1.54, 1.807) is 18.0 Å². The number of carbonyl (C=O) groups is 1. The lowest BCUT2D eigenvalue weighted by atomic mass is 10.2. The predicted molar refractivity (Wildman–Crippen MR) is 111 cm³/mol. The van der Waals surface area contributed by atoms with E-state index in [9.17, 15) is 4.79 Å². The predicted octanol–water partition coefficient (Wildman–Crippen LogP) is 3.94. The molecule has 1 amide bonds. The zero-order valence-corrected chi connectivity index (χ0v) is 16.9. The number of hydrogen-bond acceptors (Lipinski definition) is 5. The lowest BCUT2D eigenvalue weighted by molar-refractivity contribution is -0.115. The number of hydrogen-bond donors (Lipinski definition) is 1. The van der Waals surface area contributed by atoms with Gasteiger partial charge in [-0.05, 0) is 30.3 Å². The molecule has 1 aliphatic heterocycles. The molecule has 1 aromatic heterocycles. The Balaban J connectivity index is 1.52. The third-order valence-corrected chi connectivity index (χ3v) is 5.52. The Bertz CT molecular complexity index is 724. The Morgan fingerprint density at radius 3 is 2.88 bits per heavy atom. The van der Waals surface area contributed by atoms with Crippen LogP contribution in [0.3, 0.4) is 0 Å². The first-order chi connectivity index (χ1) is 12.7. The highest BCUT2D eigenvalue weighted by molar-refractivity contribution is 9.10. The molecule has 2 aromatic rings. The van der Waals surface area contributed by atoms with Crippen molar-refractivity contribution in [2.45, 2.75) is 12.2 Å². The Morgan fingerprint density at radius 2 is 2.12 bits per heavy atom. The smallest absolute Gasteiger partial charge is 0.225 e. The van der Waals surface area contributed by atoms with E-state index in [1.807, 2.05) is 36.4 Å². The molecule has 5 nitrogen and oxygen atoms in total. The standard InChI is InChI=1S/C19H22BrN3O2S/c20-15-4-5-18(23-8-10-25-11-9-23)17(13-15)22-19(24)6-12-26-14-16-3-1-2-7-21-16/h1-5,7,13H,6,8-12,14H2,(H,22,24). The second-order valence-electron chi connectivity index (χ2n) is 5.93. The molecular weight excluding hydrogens is 414 g/mol. The van der Waals surface area contributed by atoms with Crippen molar-refractivity contribution in [1.29, 1.82) is 0 Å². The normalized spacial score (nSPS) is 14.3. The summed E-state index contributed by atoms with van der Waals surface area (Å²) in [5, 5.41) is 3.07. The maximum Gasteiger partial charge on any atom is 0.225 e. The molecule has 1 fully saturated rings. The summed E-state index contributed by atoms with van der Waals surface area (Å²) < 4.78 is 6.37. The van der Waals surface area contributed by atoms with Crippen molar-refractivity contribution in [2.75, 3.05) is 42.3 Å². The molecule has 3 rings (SSSR count). The zero-order chi connectivity index (χ0) is 18.2. The number of morpholine rings is 1. The second kappa shape index (κ2) is 9.94. The fourth-order valence-electron chi connectivity index (χ4n) is 2.73. The summed E-state index contributed by atoms with van der Waals surface area (Å²) in [6.07, 6.45) is 2.27. The van der Waals surface area contributed by atoms with Gasteiger partial charge < -0.3 is 15.0 Å². The summed E-state index contributed by atoms with van der Waals surface area (Å²) in [7, 11) is 0. The highest BCUT2D eigenvalue weighted by Gasteiger charge is 2.16. The number of aromatic nitrogens is 1. The van der Waals surface area contributed by atoms with Crippen LogP contribution in [-0.2, 0) is 15.3 Å². The molecule has 7 heteroatoms. The van der Waals surface area contributed by atoms with Gasteiger partial charge in [-0.3, -0.25) is 9.78 Å². The van der Waals surface area contributed by atoms with Gasteiger partial charge in [-0.15, -0.1) is 0 Å². The summed E-state index contributed by atoms with van der Waals surface area (Å²) in [4.78, 5) is 18.9. The molecule has 1 N–H and O–H groups in total. The van der Waals surface area contributed by atoms with Crippen molar-refractivity contribution >= 4 is 45.0 Å². The summed E-state index contributed by atoms with van der Waals surface area (Å²) in [5.41, 5.74) is 2.94. The van der Waals surface area contributed by atoms with Crippen molar-refractivity contribution in [3.63, 3.8) is 0 Å². The number of ether oxygens (including phenoxy) is 1. The number of anilines is 2. The molecule has 1 aromatic carbocycles. The lowest BCUT2D eigenvalue weighted by Gasteiger charge is -2.30. The highest BCUT2D eigenvalue weighted by Crippen LogP contribution is 2.30. The molecular formula is C19H22BrN3O2S. The summed E-state index contributed by atoms with van der Waals surface area (Å²) in [6, 6.07) is 11.9. The number of nitrogens with one attached hydrogen (secondary N) is 1. The first kappa shape index (κ1) is 19.2. The van der Waals surface area contributed by atoms with Crippen LogP contribution in [0.5, 0.6) is 0 Å². The zero-order valence-electron chi connectivity index (χ0n) is 14.5. The first-order valence-corrected chi connectivity index (χ1v) is 10.6. The van der Waals surface area contributed by atoms with E-state index in [-0.39, 0.29) is 5.91 Å². The summed E-state index contributed by atoms with van der Waals surface area (Å²) in [5.74, 6) is 1.62. The van der Waals surface area contributed by atoms with E-state index in [0.717, 1.165) is 46.1 Å². The van der Waals surface area contributed by atoms with Crippen LogP contribution in [0.15, 0.2) is 47.1 Å². The third kappa shape index (κ3) is 5.72. The number of amides is 1. The number of nitrogens with zero attached hydrogens (tertiary/aromatic N) is 2. The van der Waals surface area contributed by atoms with Crippen LogP contribution in [0.25, 0.3) is 0 Å². The van der Waals surface area contributed by atoms with Gasteiger partial charge in [0.1, 0.15) is 0 Å². The van der Waals surface area contributed by atoms with E-state index in [4.69, 9.17) is 4.74 Å². The molecule has 1 saturated heterocycles. The lowest BCUT2D eigenvalue weighted by Crippen LogP contribution is -2.36. The fourth-order valence-corrected chi connectivity index (χ4v) is 3.94. The van der Waals surface area contributed by atoms with E-state index >= 15 is 0 Å². The molecule has 0 atom stereocenters. The monoisotopic (exact) mass is 435 g/mol. The molecule has 0 bridgehead atoms. The molecule has 2 heterocycles. The number of rotatable bonds is 7. The van der Waals surface area contributed by atoms with Crippen LogP contribution < -0.4 is 10.2 Å². The Hall–Kier alpha value is -1.57. The number of thioether (sulfide) groups is 1. The van der Waals surface area contributed by atoms with Gasteiger partial charge in [0.05, 0.1) is 30.3 Å². The number of carbonyl (C=O) groups excluding carboxylic acids is 1. The van der Waals surface area contributed by atoms with E-state index < -0.39 is 0 Å². The van der Waals surface area contributed by atoms with Gasteiger partial charge in [-0.1, -0.05) is 22.0 Å². The molecule has 0 unspecified atom stereocenters. The van der Waals surface area contributed by atoms with Crippen molar-refractivity contribution in [3.05, 3.63) is 52.8 Å². The van der Waals surface area contributed by atoms with Gasteiger partial charge in [0.25, 0.3) is 0 Å². The number of benzene rings is 1. The van der Waals surface area contributed by atoms with Crippen LogP contribution in [-0.4, -0.2) is 42.9 Å². The minimum Gasteiger partial charge on any atom is -0.378 e. The van der Waals surface area contributed by atoms with Gasteiger partial charge in [0.2, 0.25) is 5.91 Å². The average molecular weight is 436 g/mol. The van der Waals surface area contributed by atoms with Crippen molar-refractivity contribution in [3.8, 4) is 0 Å². The minimum absolute atomic E-state index is 0.0335. The number of pyridine rings is 1. The maximum absolute atomic E-state index is 12.4.